The molecule has 0 heterocycles. The molecule has 82 valence electrons. The molecule has 1 aromatic carbocycles. The molecular formula is C7H6ClNNaO5S+. The van der Waals surface area contributed by atoms with Crippen molar-refractivity contribution in [1.82, 2.24) is 0 Å². The Bertz CT molecular complexity index is 530. The number of benzene rings is 1. The molecule has 16 heavy (non-hydrogen) atoms. The second-order valence-corrected chi connectivity index (χ2v) is 4.60. The van der Waals surface area contributed by atoms with Crippen LogP contribution in [0, 0.1) is 17.0 Å². The van der Waals surface area contributed by atoms with Crippen LogP contribution >= 0.6 is 11.6 Å². The standard InChI is InChI=1S/C7H6ClNO5S.Na/c1-4-2-5(15(12,13)14)3-6(7(4)8)9(10)11;/h2-3H,1H3,(H,12,13,14);/q;+1. The third-order valence-electron chi connectivity index (χ3n) is 1.70. The minimum absolute atomic E-state index is 0. The summed E-state index contributed by atoms with van der Waals surface area (Å²) in [6.45, 7) is 1.41. The molecule has 0 saturated heterocycles. The molecule has 0 saturated carbocycles. The number of rotatable bonds is 2. The molecule has 1 aromatic rings. The Morgan fingerprint density at radius 3 is 2.31 bits per heavy atom. The van der Waals surface area contributed by atoms with Crippen LogP contribution in [0.15, 0.2) is 17.0 Å². The Labute approximate surface area is 119 Å². The monoisotopic (exact) mass is 274 g/mol. The number of nitro benzene ring substituents is 1. The zero-order valence-electron chi connectivity index (χ0n) is 8.47. The fourth-order valence-corrected chi connectivity index (χ4v) is 1.76. The van der Waals surface area contributed by atoms with Crippen LogP contribution in [0.2, 0.25) is 5.02 Å². The average Bonchev–Trinajstić information content (AvgIpc) is 2.06. The number of aryl methyl sites for hydroxylation is 1. The van der Waals surface area contributed by atoms with Gasteiger partial charge in [-0.2, -0.15) is 8.42 Å². The molecule has 1 rings (SSSR count). The smallest absolute Gasteiger partial charge is 0.282 e. The number of hydrogen-bond donors (Lipinski definition) is 1. The number of nitrogens with zero attached hydrogens (tertiary/aromatic N) is 1. The predicted molar refractivity (Wildman–Crippen MR) is 52.7 cm³/mol. The molecule has 0 radical (unpaired) electrons. The Morgan fingerprint density at radius 2 is 1.94 bits per heavy atom. The minimum atomic E-state index is -4.46. The maximum Gasteiger partial charge on any atom is 1.00 e. The maximum absolute atomic E-state index is 10.8. The van der Waals surface area contributed by atoms with Crippen LogP contribution in [0.4, 0.5) is 5.69 Å². The molecule has 0 spiro atoms. The Morgan fingerprint density at radius 1 is 1.44 bits per heavy atom. The number of hydrogen-bond acceptors (Lipinski definition) is 4. The van der Waals surface area contributed by atoms with Crippen LogP contribution in [-0.2, 0) is 10.1 Å². The Balaban J connectivity index is 0.00000225. The SMILES string of the molecule is Cc1cc(S(=O)(=O)O)cc([N+](=O)[O-])c1Cl.[Na+]. The van der Waals surface area contributed by atoms with E-state index < -0.39 is 25.6 Å². The predicted octanol–water partition coefficient (Wildman–Crippen LogP) is -1.19. The van der Waals surface area contributed by atoms with Gasteiger partial charge in [-0.3, -0.25) is 14.7 Å². The van der Waals surface area contributed by atoms with E-state index in [-0.39, 0.29) is 40.1 Å². The van der Waals surface area contributed by atoms with E-state index in [1.165, 1.54) is 6.92 Å². The van der Waals surface area contributed by atoms with Crippen molar-refractivity contribution >= 4 is 27.4 Å². The molecule has 0 unspecified atom stereocenters. The number of halogens is 1. The maximum atomic E-state index is 10.8. The van der Waals surface area contributed by atoms with E-state index in [1.807, 2.05) is 0 Å². The van der Waals surface area contributed by atoms with Gasteiger partial charge in [0.05, 0.1) is 4.92 Å². The summed E-state index contributed by atoms with van der Waals surface area (Å²) in [6, 6.07) is 1.77. The van der Waals surface area contributed by atoms with Crippen LogP contribution in [0.25, 0.3) is 0 Å². The molecule has 0 atom stereocenters. The van der Waals surface area contributed by atoms with E-state index in [9.17, 15) is 18.5 Å². The first-order valence-corrected chi connectivity index (χ1v) is 5.47. The van der Waals surface area contributed by atoms with Gasteiger partial charge in [0, 0.05) is 6.07 Å². The van der Waals surface area contributed by atoms with Gasteiger partial charge in [0.25, 0.3) is 15.8 Å². The normalized spacial score (nSPS) is 10.7. The third kappa shape index (κ3) is 3.41. The van der Waals surface area contributed by atoms with E-state index in [0.29, 0.717) is 6.07 Å². The van der Waals surface area contributed by atoms with E-state index in [1.54, 1.807) is 0 Å². The van der Waals surface area contributed by atoms with E-state index in [2.05, 4.69) is 0 Å². The van der Waals surface area contributed by atoms with Crippen LogP contribution in [-0.4, -0.2) is 17.9 Å². The van der Waals surface area contributed by atoms with Gasteiger partial charge in [0.2, 0.25) is 0 Å². The van der Waals surface area contributed by atoms with E-state index in [0.717, 1.165) is 6.07 Å². The van der Waals surface area contributed by atoms with Crippen molar-refractivity contribution in [3.63, 3.8) is 0 Å². The summed E-state index contributed by atoms with van der Waals surface area (Å²) in [7, 11) is -4.46. The number of nitro groups is 1. The van der Waals surface area contributed by atoms with Gasteiger partial charge >= 0.3 is 29.6 Å². The molecule has 0 aliphatic heterocycles. The Kier molecular flexibility index (Phi) is 5.37. The topological polar surface area (TPSA) is 97.5 Å². The van der Waals surface area contributed by atoms with Gasteiger partial charge in [-0.25, -0.2) is 0 Å². The van der Waals surface area contributed by atoms with Gasteiger partial charge in [0.15, 0.2) is 0 Å². The first-order chi connectivity index (χ1) is 6.73. The van der Waals surface area contributed by atoms with Crippen molar-refractivity contribution in [1.29, 1.82) is 0 Å². The first-order valence-electron chi connectivity index (χ1n) is 3.65. The largest absolute Gasteiger partial charge is 1.00 e. The fraction of sp³-hybridized carbons (Fsp3) is 0.143. The molecule has 6 nitrogen and oxygen atoms in total. The van der Waals surface area contributed by atoms with Gasteiger partial charge in [-0.1, -0.05) is 11.6 Å². The summed E-state index contributed by atoms with van der Waals surface area (Å²) in [5.41, 5.74) is -0.345. The summed E-state index contributed by atoms with van der Waals surface area (Å²) in [5, 5.41) is 10.4. The molecule has 0 aliphatic rings. The fourth-order valence-electron chi connectivity index (χ4n) is 1.00. The quantitative estimate of drug-likeness (QED) is 0.316. The summed E-state index contributed by atoms with van der Waals surface area (Å²) in [5.74, 6) is 0. The summed E-state index contributed by atoms with van der Waals surface area (Å²) < 4.78 is 30.2. The van der Waals surface area contributed by atoms with Gasteiger partial charge in [-0.15, -0.1) is 0 Å². The van der Waals surface area contributed by atoms with Crippen LogP contribution in [0.5, 0.6) is 0 Å². The Hall–Kier alpha value is -0.180. The third-order valence-corrected chi connectivity index (χ3v) is 3.03. The van der Waals surface area contributed by atoms with E-state index in [4.69, 9.17) is 16.2 Å². The molecule has 0 amide bonds. The van der Waals surface area contributed by atoms with Crippen LogP contribution in [0.3, 0.4) is 0 Å². The van der Waals surface area contributed by atoms with Crippen LogP contribution in [0.1, 0.15) is 5.56 Å². The average molecular weight is 275 g/mol. The molecule has 1 N–H and O–H groups in total. The summed E-state index contributed by atoms with van der Waals surface area (Å²) in [6.07, 6.45) is 0. The van der Waals surface area contributed by atoms with Gasteiger partial charge in [-0.05, 0) is 18.6 Å². The summed E-state index contributed by atoms with van der Waals surface area (Å²) in [4.78, 5) is 9.14. The molecule has 0 bridgehead atoms. The van der Waals surface area contributed by atoms with Crippen molar-refractivity contribution < 1.29 is 47.5 Å². The first kappa shape index (κ1) is 15.8. The molecule has 0 aromatic heterocycles. The zero-order chi connectivity index (χ0) is 11.8. The molecule has 9 heteroatoms. The second-order valence-electron chi connectivity index (χ2n) is 2.81. The second kappa shape index (κ2) is 5.44. The zero-order valence-corrected chi connectivity index (χ0v) is 12.0. The van der Waals surface area contributed by atoms with Crippen molar-refractivity contribution in [2.75, 3.05) is 0 Å². The van der Waals surface area contributed by atoms with Crippen molar-refractivity contribution in [2.45, 2.75) is 11.8 Å². The van der Waals surface area contributed by atoms with Crippen LogP contribution < -0.4 is 29.6 Å². The van der Waals surface area contributed by atoms with Crippen molar-refractivity contribution in [3.8, 4) is 0 Å². The molecule has 0 aliphatic carbocycles. The molecule has 0 fully saturated rings. The van der Waals surface area contributed by atoms with Gasteiger partial charge in [0.1, 0.15) is 9.92 Å². The minimum Gasteiger partial charge on any atom is -0.282 e. The van der Waals surface area contributed by atoms with Crippen molar-refractivity contribution in [2.24, 2.45) is 0 Å². The van der Waals surface area contributed by atoms with E-state index >= 15 is 0 Å². The molecular weight excluding hydrogens is 269 g/mol. The van der Waals surface area contributed by atoms with Gasteiger partial charge < -0.3 is 0 Å². The summed E-state index contributed by atoms with van der Waals surface area (Å²) >= 11 is 5.59. The van der Waals surface area contributed by atoms with Crippen molar-refractivity contribution in [3.05, 3.63) is 32.8 Å².